The Morgan fingerprint density at radius 3 is 1.64 bits per heavy atom. The molecule has 1 aliphatic rings. The van der Waals surface area contributed by atoms with Crippen LogP contribution in [0.5, 0.6) is 0 Å². The molecule has 68 valence electrons. The molecule has 0 aliphatic heterocycles. The van der Waals surface area contributed by atoms with Crippen molar-refractivity contribution in [3.8, 4) is 0 Å². The second kappa shape index (κ2) is 4.32. The van der Waals surface area contributed by atoms with Gasteiger partial charge in [-0.05, 0) is 25.7 Å². The van der Waals surface area contributed by atoms with E-state index < -0.39 is 0 Å². The summed E-state index contributed by atoms with van der Waals surface area (Å²) in [5.41, 5.74) is 0. The van der Waals surface area contributed by atoms with E-state index in [0.717, 1.165) is 6.04 Å². The van der Waals surface area contributed by atoms with Crippen molar-refractivity contribution in [2.24, 2.45) is 0 Å². The predicted octanol–water partition coefficient (Wildman–Crippen LogP) is -0.971. The van der Waals surface area contributed by atoms with Crippen molar-refractivity contribution in [1.82, 2.24) is 0 Å². The van der Waals surface area contributed by atoms with Gasteiger partial charge in [-0.2, -0.15) is 0 Å². The number of nitrogens with zero attached hydrogens (tertiary/aromatic N) is 1. The highest BCUT2D eigenvalue weighted by atomic mass is 35.5. The number of quaternary nitrogens is 1. The van der Waals surface area contributed by atoms with E-state index in [1.807, 2.05) is 0 Å². The maximum atomic E-state index is 2.32. The van der Waals surface area contributed by atoms with Crippen LogP contribution < -0.4 is 12.4 Å². The van der Waals surface area contributed by atoms with Gasteiger partial charge in [-0.1, -0.05) is 6.42 Å². The number of hydrogen-bond acceptors (Lipinski definition) is 0. The van der Waals surface area contributed by atoms with Crippen LogP contribution >= 0.6 is 0 Å². The third kappa shape index (κ3) is 3.44. The summed E-state index contributed by atoms with van der Waals surface area (Å²) in [7, 11) is 6.95. The molecule has 1 saturated carbocycles. The fourth-order valence-electron chi connectivity index (χ4n) is 1.86. The summed E-state index contributed by atoms with van der Waals surface area (Å²) in [5, 5.41) is 0. The molecule has 0 saturated heterocycles. The summed E-state index contributed by atoms with van der Waals surface area (Å²) in [6.07, 6.45) is 7.28. The average Bonchev–Trinajstić information content (AvgIpc) is 1.88. The summed E-state index contributed by atoms with van der Waals surface area (Å²) in [5.74, 6) is 0. The van der Waals surface area contributed by atoms with Gasteiger partial charge in [0.25, 0.3) is 0 Å². The maximum absolute atomic E-state index is 2.32. The second-order valence-electron chi connectivity index (χ2n) is 4.41. The monoisotopic (exact) mass is 177 g/mol. The van der Waals surface area contributed by atoms with E-state index in [9.17, 15) is 0 Å². The first-order valence-electron chi connectivity index (χ1n) is 4.42. The molecule has 1 rings (SSSR count). The zero-order chi connectivity index (χ0) is 7.61. The van der Waals surface area contributed by atoms with E-state index in [0.29, 0.717) is 0 Å². The summed E-state index contributed by atoms with van der Waals surface area (Å²) in [4.78, 5) is 0. The molecule has 0 bridgehead atoms. The van der Waals surface area contributed by atoms with Crippen LogP contribution in [0.15, 0.2) is 0 Å². The van der Waals surface area contributed by atoms with E-state index in [4.69, 9.17) is 0 Å². The molecule has 0 atom stereocenters. The van der Waals surface area contributed by atoms with E-state index in [-0.39, 0.29) is 12.4 Å². The van der Waals surface area contributed by atoms with Crippen molar-refractivity contribution in [2.45, 2.75) is 38.1 Å². The lowest BCUT2D eigenvalue weighted by molar-refractivity contribution is -0.897. The lowest BCUT2D eigenvalue weighted by Gasteiger charge is -2.36. The molecule has 0 amide bonds. The fourth-order valence-corrected chi connectivity index (χ4v) is 1.86. The zero-order valence-electron chi connectivity index (χ0n) is 7.94. The molecule has 0 spiro atoms. The summed E-state index contributed by atoms with van der Waals surface area (Å²) < 4.78 is 1.17. The highest BCUT2D eigenvalue weighted by Crippen LogP contribution is 2.23. The summed E-state index contributed by atoms with van der Waals surface area (Å²) in [6.45, 7) is 0. The van der Waals surface area contributed by atoms with Crippen LogP contribution in [0.25, 0.3) is 0 Å². The Balaban J connectivity index is 0.000001000. The van der Waals surface area contributed by atoms with E-state index in [1.165, 1.54) is 36.6 Å². The van der Waals surface area contributed by atoms with E-state index in [1.54, 1.807) is 0 Å². The number of halogens is 1. The lowest BCUT2D eigenvalue weighted by Crippen LogP contribution is -3.00. The fraction of sp³-hybridized carbons (Fsp3) is 1.00. The third-order valence-electron chi connectivity index (χ3n) is 2.67. The van der Waals surface area contributed by atoms with Gasteiger partial charge in [0.05, 0.1) is 27.2 Å². The minimum absolute atomic E-state index is 0. The van der Waals surface area contributed by atoms with Gasteiger partial charge >= 0.3 is 0 Å². The molecule has 0 radical (unpaired) electrons. The average molecular weight is 178 g/mol. The van der Waals surface area contributed by atoms with Gasteiger partial charge < -0.3 is 16.9 Å². The molecule has 1 nitrogen and oxygen atoms in total. The first-order valence-corrected chi connectivity index (χ1v) is 4.42. The van der Waals surface area contributed by atoms with Crippen LogP contribution in [0, 0.1) is 0 Å². The molecular formula is C9H20ClN. The smallest absolute Gasteiger partial charge is 0.0884 e. The van der Waals surface area contributed by atoms with Gasteiger partial charge in [0.1, 0.15) is 0 Å². The maximum Gasteiger partial charge on any atom is 0.0884 e. The first-order chi connectivity index (χ1) is 4.61. The van der Waals surface area contributed by atoms with Gasteiger partial charge in [0.2, 0.25) is 0 Å². The number of hydrogen-bond donors (Lipinski definition) is 0. The standard InChI is InChI=1S/C9H20N.ClH/c1-10(2,3)9-7-5-4-6-8-9;/h9H,4-8H2,1-3H3;1H/q+1;/p-1. The Kier molecular flexibility index (Phi) is 4.42. The van der Waals surface area contributed by atoms with Crippen LogP contribution in [0.2, 0.25) is 0 Å². The summed E-state index contributed by atoms with van der Waals surface area (Å²) >= 11 is 0. The van der Waals surface area contributed by atoms with Crippen LogP contribution in [0.4, 0.5) is 0 Å². The van der Waals surface area contributed by atoms with Crippen molar-refractivity contribution in [2.75, 3.05) is 21.1 Å². The van der Waals surface area contributed by atoms with Gasteiger partial charge in [0, 0.05) is 0 Å². The highest BCUT2D eigenvalue weighted by Gasteiger charge is 2.24. The van der Waals surface area contributed by atoms with Gasteiger partial charge in [-0.15, -0.1) is 0 Å². The molecular weight excluding hydrogens is 158 g/mol. The molecule has 0 heterocycles. The van der Waals surface area contributed by atoms with Crippen molar-refractivity contribution < 1.29 is 16.9 Å². The van der Waals surface area contributed by atoms with Crippen LogP contribution in [0.3, 0.4) is 0 Å². The highest BCUT2D eigenvalue weighted by molar-refractivity contribution is 4.64. The molecule has 1 fully saturated rings. The van der Waals surface area contributed by atoms with E-state index >= 15 is 0 Å². The lowest BCUT2D eigenvalue weighted by atomic mass is 9.94. The Hall–Kier alpha value is 0.250. The quantitative estimate of drug-likeness (QED) is 0.453. The topological polar surface area (TPSA) is 0 Å². The first kappa shape index (κ1) is 11.2. The molecule has 0 N–H and O–H groups in total. The van der Waals surface area contributed by atoms with Crippen LogP contribution in [-0.4, -0.2) is 31.7 Å². The second-order valence-corrected chi connectivity index (χ2v) is 4.41. The van der Waals surface area contributed by atoms with Crippen LogP contribution in [0.1, 0.15) is 32.1 Å². The van der Waals surface area contributed by atoms with E-state index in [2.05, 4.69) is 21.1 Å². The normalized spacial score (nSPS) is 21.0. The largest absolute Gasteiger partial charge is 1.00 e. The minimum atomic E-state index is 0. The third-order valence-corrected chi connectivity index (χ3v) is 2.67. The molecule has 0 aromatic rings. The predicted molar refractivity (Wildman–Crippen MR) is 44.9 cm³/mol. The van der Waals surface area contributed by atoms with Crippen molar-refractivity contribution in [1.29, 1.82) is 0 Å². The molecule has 11 heavy (non-hydrogen) atoms. The van der Waals surface area contributed by atoms with Gasteiger partial charge in [-0.25, -0.2) is 0 Å². The van der Waals surface area contributed by atoms with Crippen molar-refractivity contribution in [3.63, 3.8) is 0 Å². The molecule has 0 aromatic carbocycles. The molecule has 1 aliphatic carbocycles. The van der Waals surface area contributed by atoms with Crippen molar-refractivity contribution in [3.05, 3.63) is 0 Å². The summed E-state index contributed by atoms with van der Waals surface area (Å²) in [6, 6.07) is 0.939. The molecule has 2 heteroatoms. The van der Waals surface area contributed by atoms with Crippen molar-refractivity contribution >= 4 is 0 Å². The zero-order valence-corrected chi connectivity index (χ0v) is 8.69. The Bertz CT molecular complexity index is 101. The van der Waals surface area contributed by atoms with Gasteiger partial charge in [0.15, 0.2) is 0 Å². The van der Waals surface area contributed by atoms with Gasteiger partial charge in [-0.3, -0.25) is 0 Å². The molecule has 0 unspecified atom stereocenters. The Morgan fingerprint density at radius 2 is 1.36 bits per heavy atom. The Morgan fingerprint density at radius 1 is 0.909 bits per heavy atom. The van der Waals surface area contributed by atoms with Crippen LogP contribution in [-0.2, 0) is 0 Å². The Labute approximate surface area is 76.8 Å². The minimum Gasteiger partial charge on any atom is -1.00 e. The number of rotatable bonds is 1. The SMILES string of the molecule is C[N+](C)(C)C1CCCCC1.[Cl-]. The molecule has 0 aromatic heterocycles.